The van der Waals surface area contributed by atoms with Crippen LogP contribution >= 0.6 is 0 Å². The van der Waals surface area contributed by atoms with Crippen LogP contribution in [0.25, 0.3) is 76.8 Å². The molecule has 0 unspecified atom stereocenters. The Balaban J connectivity index is 1.26. The summed E-state index contributed by atoms with van der Waals surface area (Å²) in [6, 6.07) is 78.4. The van der Waals surface area contributed by atoms with Crippen molar-refractivity contribution < 1.29 is 0 Å². The molecule has 0 aliphatic heterocycles. The zero-order valence-corrected chi connectivity index (χ0v) is 32.7. The van der Waals surface area contributed by atoms with Crippen molar-refractivity contribution in [3.05, 3.63) is 223 Å². The number of anilines is 3. The molecule has 1 aliphatic carbocycles. The largest absolute Gasteiger partial charge is 0.309 e. The molecule has 0 saturated heterocycles. The van der Waals surface area contributed by atoms with Crippen molar-refractivity contribution >= 4 is 49.4 Å². The van der Waals surface area contributed by atoms with Crippen LogP contribution in [0.1, 0.15) is 25.0 Å². The lowest BCUT2D eigenvalue weighted by Crippen LogP contribution is -2.21. The third kappa shape index (κ3) is 5.46. The first-order valence-corrected chi connectivity index (χ1v) is 20.3. The molecule has 58 heavy (non-hydrogen) atoms. The molecule has 0 spiro atoms. The second-order valence-corrected chi connectivity index (χ2v) is 16.1. The topological polar surface area (TPSA) is 3.24 Å². The molecule has 0 amide bonds. The Kier molecular flexibility index (Phi) is 7.91. The highest BCUT2D eigenvalue weighted by Crippen LogP contribution is 2.57. The summed E-state index contributed by atoms with van der Waals surface area (Å²) in [5.74, 6) is 0. The first-order chi connectivity index (χ1) is 28.5. The molecule has 10 aromatic carbocycles. The molecule has 0 heterocycles. The lowest BCUT2D eigenvalue weighted by Gasteiger charge is -2.35. The number of hydrogen-bond acceptors (Lipinski definition) is 1. The fourth-order valence-electron chi connectivity index (χ4n) is 9.60. The normalized spacial score (nSPS) is 12.8. The molecule has 0 radical (unpaired) electrons. The standard InChI is InChI=1S/C57H41N/c1-57(2)51-37-44-24-12-11-23-43(44)36-50(51)48-26-15-27-54(56(48)57)58(52-32-31-45(38-16-5-3-6-17-38)35-49(52)40-19-7-4-8-20-40)53-33-30-41-21-13-14-25-47(41)55(53)46-29-28-39-18-9-10-22-42(39)34-46/h3-37H,1-2H3. The van der Waals surface area contributed by atoms with Crippen LogP contribution in [0.3, 0.4) is 0 Å². The maximum Gasteiger partial charge on any atom is 0.0546 e. The van der Waals surface area contributed by atoms with Gasteiger partial charge in [0.1, 0.15) is 0 Å². The van der Waals surface area contributed by atoms with Gasteiger partial charge in [-0.05, 0) is 119 Å². The molecule has 0 fully saturated rings. The molecule has 10 aromatic rings. The molecular formula is C57H41N. The number of nitrogens with zero attached hydrogens (tertiary/aromatic N) is 1. The van der Waals surface area contributed by atoms with E-state index in [0.717, 1.165) is 11.4 Å². The van der Waals surface area contributed by atoms with Crippen LogP contribution in [0.2, 0.25) is 0 Å². The fraction of sp³-hybridized carbons (Fsp3) is 0.0526. The van der Waals surface area contributed by atoms with Crippen molar-refractivity contribution in [1.29, 1.82) is 0 Å². The van der Waals surface area contributed by atoms with Crippen LogP contribution in [0, 0.1) is 0 Å². The summed E-state index contributed by atoms with van der Waals surface area (Å²) < 4.78 is 0. The van der Waals surface area contributed by atoms with Crippen LogP contribution in [0.5, 0.6) is 0 Å². The van der Waals surface area contributed by atoms with Crippen molar-refractivity contribution in [3.63, 3.8) is 0 Å². The molecular weight excluding hydrogens is 699 g/mol. The smallest absolute Gasteiger partial charge is 0.0546 e. The van der Waals surface area contributed by atoms with E-state index in [0.29, 0.717) is 0 Å². The Morgan fingerprint density at radius 1 is 0.328 bits per heavy atom. The number of fused-ring (bicyclic) bond motifs is 6. The van der Waals surface area contributed by atoms with E-state index in [4.69, 9.17) is 0 Å². The van der Waals surface area contributed by atoms with Gasteiger partial charge in [-0.25, -0.2) is 0 Å². The van der Waals surface area contributed by atoms with Crippen LogP contribution < -0.4 is 4.90 Å². The Hall–Kier alpha value is -7.22. The molecule has 0 atom stereocenters. The van der Waals surface area contributed by atoms with E-state index in [-0.39, 0.29) is 5.41 Å². The summed E-state index contributed by atoms with van der Waals surface area (Å²) in [5.41, 5.74) is 15.6. The third-order valence-electron chi connectivity index (χ3n) is 12.4. The number of benzene rings is 10. The number of hydrogen-bond donors (Lipinski definition) is 0. The second kappa shape index (κ2) is 13.5. The number of rotatable bonds is 6. The van der Waals surface area contributed by atoms with Crippen LogP contribution in [0.4, 0.5) is 17.1 Å². The molecule has 11 rings (SSSR count). The van der Waals surface area contributed by atoms with Crippen molar-refractivity contribution in [2.75, 3.05) is 4.90 Å². The van der Waals surface area contributed by atoms with E-state index in [9.17, 15) is 0 Å². The van der Waals surface area contributed by atoms with E-state index >= 15 is 0 Å². The van der Waals surface area contributed by atoms with Crippen molar-refractivity contribution in [1.82, 2.24) is 0 Å². The maximum absolute atomic E-state index is 2.58. The van der Waals surface area contributed by atoms with Gasteiger partial charge >= 0.3 is 0 Å². The zero-order chi connectivity index (χ0) is 38.8. The molecule has 274 valence electrons. The summed E-state index contributed by atoms with van der Waals surface area (Å²) in [6.45, 7) is 4.82. The minimum atomic E-state index is -0.277. The quantitative estimate of drug-likeness (QED) is 0.164. The first kappa shape index (κ1) is 34.1. The lowest BCUT2D eigenvalue weighted by atomic mass is 9.80. The molecule has 0 N–H and O–H groups in total. The summed E-state index contributed by atoms with van der Waals surface area (Å²) in [6.07, 6.45) is 0. The van der Waals surface area contributed by atoms with Gasteiger partial charge in [-0.3, -0.25) is 0 Å². The highest BCUT2D eigenvalue weighted by Gasteiger charge is 2.40. The van der Waals surface area contributed by atoms with E-state index in [1.165, 1.54) is 93.6 Å². The Morgan fingerprint density at radius 2 is 0.914 bits per heavy atom. The van der Waals surface area contributed by atoms with E-state index < -0.39 is 0 Å². The predicted octanol–water partition coefficient (Wildman–Crippen LogP) is 15.9. The Bertz CT molecular complexity index is 3190. The SMILES string of the molecule is CC1(C)c2cc3ccccc3cc2-c2cccc(N(c3ccc(-c4ccccc4)cc3-c3ccccc3)c3ccc4ccccc4c3-c3ccc4ccccc4c3)c21. The van der Waals surface area contributed by atoms with Gasteiger partial charge in [0.15, 0.2) is 0 Å². The first-order valence-electron chi connectivity index (χ1n) is 20.3. The van der Waals surface area contributed by atoms with Gasteiger partial charge in [-0.15, -0.1) is 0 Å². The fourth-order valence-corrected chi connectivity index (χ4v) is 9.60. The predicted molar refractivity (Wildman–Crippen MR) is 248 cm³/mol. The molecule has 1 nitrogen and oxygen atoms in total. The van der Waals surface area contributed by atoms with Crippen LogP contribution in [-0.2, 0) is 5.41 Å². The average Bonchev–Trinajstić information content (AvgIpc) is 3.51. The average molecular weight is 740 g/mol. The summed E-state index contributed by atoms with van der Waals surface area (Å²) in [7, 11) is 0. The van der Waals surface area contributed by atoms with Gasteiger partial charge in [0, 0.05) is 16.5 Å². The van der Waals surface area contributed by atoms with Crippen molar-refractivity contribution in [2.45, 2.75) is 19.3 Å². The minimum absolute atomic E-state index is 0.277. The highest BCUT2D eigenvalue weighted by molar-refractivity contribution is 6.09. The summed E-state index contributed by atoms with van der Waals surface area (Å²) in [4.78, 5) is 2.58. The highest BCUT2D eigenvalue weighted by atomic mass is 15.2. The van der Waals surface area contributed by atoms with E-state index in [2.05, 4.69) is 231 Å². The van der Waals surface area contributed by atoms with Gasteiger partial charge in [-0.2, -0.15) is 0 Å². The summed E-state index contributed by atoms with van der Waals surface area (Å²) in [5, 5.41) is 7.45. The van der Waals surface area contributed by atoms with Crippen LogP contribution in [0.15, 0.2) is 212 Å². The lowest BCUT2D eigenvalue weighted by molar-refractivity contribution is 0.661. The molecule has 0 aromatic heterocycles. The summed E-state index contributed by atoms with van der Waals surface area (Å²) >= 11 is 0. The van der Waals surface area contributed by atoms with E-state index in [1.807, 2.05) is 0 Å². The zero-order valence-electron chi connectivity index (χ0n) is 32.7. The van der Waals surface area contributed by atoms with Gasteiger partial charge in [0.2, 0.25) is 0 Å². The van der Waals surface area contributed by atoms with Crippen LogP contribution in [-0.4, -0.2) is 0 Å². The Morgan fingerprint density at radius 3 is 1.67 bits per heavy atom. The van der Waals surface area contributed by atoms with Gasteiger partial charge in [-0.1, -0.05) is 184 Å². The monoisotopic (exact) mass is 739 g/mol. The van der Waals surface area contributed by atoms with Crippen molar-refractivity contribution in [2.24, 2.45) is 0 Å². The maximum atomic E-state index is 2.58. The second-order valence-electron chi connectivity index (χ2n) is 16.1. The molecule has 1 aliphatic rings. The van der Waals surface area contributed by atoms with Crippen molar-refractivity contribution in [3.8, 4) is 44.5 Å². The molecule has 0 bridgehead atoms. The van der Waals surface area contributed by atoms with Gasteiger partial charge in [0.05, 0.1) is 17.1 Å². The molecule has 0 saturated carbocycles. The molecule has 1 heteroatoms. The van der Waals surface area contributed by atoms with E-state index in [1.54, 1.807) is 0 Å². The third-order valence-corrected chi connectivity index (χ3v) is 12.4. The minimum Gasteiger partial charge on any atom is -0.309 e. The van der Waals surface area contributed by atoms with Gasteiger partial charge in [0.25, 0.3) is 0 Å². The Labute approximate surface area is 340 Å². The van der Waals surface area contributed by atoms with Gasteiger partial charge < -0.3 is 4.90 Å².